The highest BCUT2D eigenvalue weighted by Gasteiger charge is 2.35. The fourth-order valence-corrected chi connectivity index (χ4v) is 5.14. The van der Waals surface area contributed by atoms with Gasteiger partial charge in [0.2, 0.25) is 0 Å². The lowest BCUT2D eigenvalue weighted by molar-refractivity contribution is -0.158. The van der Waals surface area contributed by atoms with Crippen LogP contribution >= 0.6 is 11.6 Å². The average Bonchev–Trinajstić information content (AvgIpc) is 2.99. The van der Waals surface area contributed by atoms with Gasteiger partial charge in [-0.1, -0.05) is 25.4 Å². The first-order valence-corrected chi connectivity index (χ1v) is 11.8. The molecule has 9 heteroatoms. The first-order valence-electron chi connectivity index (χ1n) is 9.58. The summed E-state index contributed by atoms with van der Waals surface area (Å²) in [4.78, 5) is 26.4. The second kappa shape index (κ2) is 9.80. The van der Waals surface area contributed by atoms with Crippen LogP contribution < -0.4 is 4.74 Å². The Morgan fingerprint density at radius 3 is 2.52 bits per heavy atom. The number of benzene rings is 1. The molecule has 1 aliphatic heterocycles. The first kappa shape index (κ1) is 23.5. The maximum atomic E-state index is 12.7. The van der Waals surface area contributed by atoms with Crippen LogP contribution in [-0.2, 0) is 24.2 Å². The molecule has 0 aliphatic carbocycles. The van der Waals surface area contributed by atoms with E-state index in [1.54, 1.807) is 18.2 Å². The fraction of sp³-hybridized carbons (Fsp3) is 0.600. The smallest absolute Gasteiger partial charge is 0.347 e. The molecule has 29 heavy (non-hydrogen) atoms. The summed E-state index contributed by atoms with van der Waals surface area (Å²) in [6, 6.07) is 4.67. The predicted octanol–water partition coefficient (Wildman–Crippen LogP) is 2.63. The molecule has 1 aromatic rings. The van der Waals surface area contributed by atoms with Gasteiger partial charge < -0.3 is 14.4 Å². The van der Waals surface area contributed by atoms with Crippen LogP contribution in [0.2, 0.25) is 5.02 Å². The highest BCUT2D eigenvalue weighted by molar-refractivity contribution is 7.91. The van der Waals surface area contributed by atoms with Crippen LogP contribution in [0.1, 0.15) is 32.8 Å². The minimum atomic E-state index is -3.13. The third-order valence-electron chi connectivity index (χ3n) is 4.64. The van der Waals surface area contributed by atoms with Gasteiger partial charge in [0.25, 0.3) is 5.91 Å². The van der Waals surface area contributed by atoms with E-state index in [4.69, 9.17) is 21.1 Å². The van der Waals surface area contributed by atoms with Gasteiger partial charge in [0.05, 0.1) is 11.5 Å². The lowest BCUT2D eigenvalue weighted by Crippen LogP contribution is -2.45. The zero-order valence-electron chi connectivity index (χ0n) is 17.2. The monoisotopic (exact) mass is 445 g/mol. The number of ether oxygens (including phenoxy) is 2. The van der Waals surface area contributed by atoms with E-state index in [0.717, 1.165) is 5.56 Å². The van der Waals surface area contributed by atoms with Crippen molar-refractivity contribution in [2.75, 3.05) is 24.7 Å². The molecule has 1 saturated heterocycles. The molecule has 0 spiro atoms. The molecule has 1 fully saturated rings. The molecule has 1 heterocycles. The van der Waals surface area contributed by atoms with Crippen molar-refractivity contribution in [3.8, 4) is 5.75 Å². The van der Waals surface area contributed by atoms with Crippen LogP contribution in [0.4, 0.5) is 0 Å². The number of carbonyl (C=O) groups is 2. The van der Waals surface area contributed by atoms with Crippen LogP contribution in [0.3, 0.4) is 0 Å². The molecule has 7 nitrogen and oxygen atoms in total. The predicted molar refractivity (Wildman–Crippen MR) is 111 cm³/mol. The number of sulfone groups is 1. The number of hydrogen-bond donors (Lipinski definition) is 0. The number of nitrogens with zero attached hydrogens (tertiary/aromatic N) is 1. The van der Waals surface area contributed by atoms with Crippen LogP contribution in [0, 0.1) is 12.8 Å². The molecule has 162 valence electrons. The summed E-state index contributed by atoms with van der Waals surface area (Å²) < 4.78 is 34.3. The van der Waals surface area contributed by atoms with E-state index in [-0.39, 0.29) is 23.5 Å². The standard InChI is InChI=1S/C20H28ClNO6S/c1-13(2)10-22(17-7-8-29(25,26)12-17)19(23)11-27-20(24)15(4)28-18-6-5-16(21)9-14(18)3/h5-6,9,13,15,17H,7-8,10-12H2,1-4H3. The van der Waals surface area contributed by atoms with Gasteiger partial charge in [0.15, 0.2) is 22.5 Å². The molecule has 1 amide bonds. The summed E-state index contributed by atoms with van der Waals surface area (Å²) in [5.74, 6) is -0.379. The third-order valence-corrected chi connectivity index (χ3v) is 6.63. The van der Waals surface area contributed by atoms with Gasteiger partial charge in [-0.25, -0.2) is 13.2 Å². The van der Waals surface area contributed by atoms with E-state index in [1.807, 2.05) is 20.8 Å². The van der Waals surface area contributed by atoms with E-state index in [1.165, 1.54) is 11.8 Å². The van der Waals surface area contributed by atoms with E-state index in [0.29, 0.717) is 23.7 Å². The average molecular weight is 446 g/mol. The Hall–Kier alpha value is -1.80. The summed E-state index contributed by atoms with van der Waals surface area (Å²) in [5.41, 5.74) is 0.777. The Kier molecular flexibility index (Phi) is 7.94. The molecule has 2 rings (SSSR count). The van der Waals surface area contributed by atoms with Gasteiger partial charge in [-0.2, -0.15) is 0 Å². The number of carbonyl (C=O) groups excluding carboxylic acids is 2. The molecule has 0 saturated carbocycles. The number of halogens is 1. The molecule has 1 aromatic carbocycles. The number of hydrogen-bond acceptors (Lipinski definition) is 6. The van der Waals surface area contributed by atoms with Gasteiger partial charge >= 0.3 is 5.97 Å². The Balaban J connectivity index is 1.94. The largest absolute Gasteiger partial charge is 0.479 e. The normalized spacial score (nSPS) is 19.0. The van der Waals surface area contributed by atoms with E-state index < -0.39 is 34.4 Å². The summed E-state index contributed by atoms with van der Waals surface area (Å²) in [5, 5.41) is 0.565. The molecular formula is C20H28ClNO6S. The first-order chi connectivity index (χ1) is 13.5. The van der Waals surface area contributed by atoms with Gasteiger partial charge in [0, 0.05) is 17.6 Å². The Labute approximate surface area is 177 Å². The summed E-state index contributed by atoms with van der Waals surface area (Å²) >= 11 is 5.91. The van der Waals surface area contributed by atoms with Crippen molar-refractivity contribution in [2.45, 2.75) is 46.3 Å². The van der Waals surface area contributed by atoms with Gasteiger partial charge in [-0.15, -0.1) is 0 Å². The second-order valence-corrected chi connectivity index (χ2v) is 10.4. The zero-order valence-corrected chi connectivity index (χ0v) is 18.8. The highest BCUT2D eigenvalue weighted by Crippen LogP contribution is 2.23. The lowest BCUT2D eigenvalue weighted by atomic mass is 10.1. The molecule has 0 radical (unpaired) electrons. The van der Waals surface area contributed by atoms with Crippen molar-refractivity contribution in [3.63, 3.8) is 0 Å². The topological polar surface area (TPSA) is 90.0 Å². The number of amides is 1. The second-order valence-electron chi connectivity index (χ2n) is 7.77. The quantitative estimate of drug-likeness (QED) is 0.571. The lowest BCUT2D eigenvalue weighted by Gasteiger charge is -2.30. The van der Waals surface area contributed by atoms with Crippen LogP contribution in [0.5, 0.6) is 5.75 Å². The maximum Gasteiger partial charge on any atom is 0.347 e. The Morgan fingerprint density at radius 1 is 1.28 bits per heavy atom. The molecule has 1 aliphatic rings. The SMILES string of the molecule is Cc1cc(Cl)ccc1OC(C)C(=O)OCC(=O)N(CC(C)C)C1CCS(=O)(=O)C1. The molecule has 2 unspecified atom stereocenters. The van der Waals surface area contributed by atoms with Crippen molar-refractivity contribution in [1.82, 2.24) is 4.90 Å². The molecule has 2 atom stereocenters. The number of aryl methyl sites for hydroxylation is 1. The zero-order chi connectivity index (χ0) is 21.8. The van der Waals surface area contributed by atoms with Crippen molar-refractivity contribution < 1.29 is 27.5 Å². The van der Waals surface area contributed by atoms with Crippen LogP contribution in [0.15, 0.2) is 18.2 Å². The maximum absolute atomic E-state index is 12.7. The third kappa shape index (κ3) is 6.89. The molecule has 0 bridgehead atoms. The van der Waals surface area contributed by atoms with E-state index >= 15 is 0 Å². The molecular weight excluding hydrogens is 418 g/mol. The van der Waals surface area contributed by atoms with Crippen LogP contribution in [0.25, 0.3) is 0 Å². The van der Waals surface area contributed by atoms with Gasteiger partial charge in [-0.3, -0.25) is 4.79 Å². The number of rotatable bonds is 8. The Bertz CT molecular complexity index is 855. The fourth-order valence-electron chi connectivity index (χ4n) is 3.19. The minimum absolute atomic E-state index is 0.0469. The summed E-state index contributed by atoms with van der Waals surface area (Å²) in [7, 11) is -3.13. The van der Waals surface area contributed by atoms with E-state index in [2.05, 4.69) is 0 Å². The van der Waals surface area contributed by atoms with Crippen molar-refractivity contribution in [3.05, 3.63) is 28.8 Å². The van der Waals surface area contributed by atoms with Crippen molar-refractivity contribution in [2.24, 2.45) is 5.92 Å². The highest BCUT2D eigenvalue weighted by atomic mass is 35.5. The van der Waals surface area contributed by atoms with Gasteiger partial charge in [-0.05, 0) is 49.9 Å². The Morgan fingerprint density at radius 2 is 1.97 bits per heavy atom. The molecule has 0 aromatic heterocycles. The van der Waals surface area contributed by atoms with Gasteiger partial charge in [0.1, 0.15) is 5.75 Å². The van der Waals surface area contributed by atoms with Crippen molar-refractivity contribution >= 4 is 33.3 Å². The summed E-state index contributed by atoms with van der Waals surface area (Å²) in [6.07, 6.45) is -0.502. The van der Waals surface area contributed by atoms with Crippen LogP contribution in [-0.4, -0.2) is 62.0 Å². The van der Waals surface area contributed by atoms with Crippen molar-refractivity contribution in [1.29, 1.82) is 0 Å². The van der Waals surface area contributed by atoms with E-state index in [9.17, 15) is 18.0 Å². The summed E-state index contributed by atoms with van der Waals surface area (Å²) in [6.45, 7) is 7.20. The minimum Gasteiger partial charge on any atom is -0.479 e. The number of esters is 1. The molecule has 0 N–H and O–H groups in total.